The first-order chi connectivity index (χ1) is 8.66. The first-order valence-corrected chi connectivity index (χ1v) is 6.53. The number of benzene rings is 1. The van der Waals surface area contributed by atoms with Gasteiger partial charge < -0.3 is 16.2 Å². The van der Waals surface area contributed by atoms with Gasteiger partial charge in [-0.1, -0.05) is 25.7 Å². The minimum atomic E-state index is -0.981. The topological polar surface area (TPSA) is 75.3 Å². The van der Waals surface area contributed by atoms with Crippen molar-refractivity contribution in [2.24, 2.45) is 5.92 Å². The molecule has 1 aliphatic carbocycles. The normalized spacial score (nSPS) is 15.8. The van der Waals surface area contributed by atoms with Crippen molar-refractivity contribution in [1.82, 2.24) is 0 Å². The van der Waals surface area contributed by atoms with Crippen molar-refractivity contribution in [3.63, 3.8) is 0 Å². The molecule has 1 aromatic rings. The van der Waals surface area contributed by atoms with Gasteiger partial charge in [0.25, 0.3) is 0 Å². The number of hydrogen-bond acceptors (Lipinski definition) is 3. The Balaban J connectivity index is 1.85. The molecule has 0 radical (unpaired) electrons. The summed E-state index contributed by atoms with van der Waals surface area (Å²) in [5.74, 6) is -0.127. The van der Waals surface area contributed by atoms with Crippen LogP contribution in [0.25, 0.3) is 0 Å². The summed E-state index contributed by atoms with van der Waals surface area (Å²) < 4.78 is 0. The Morgan fingerprint density at radius 2 is 2.11 bits per heavy atom. The quantitative estimate of drug-likeness (QED) is 0.700. The van der Waals surface area contributed by atoms with E-state index in [1.54, 1.807) is 18.2 Å². The number of nitrogens with one attached hydrogen (secondary N) is 1. The number of carboxylic acid groups (broad SMARTS) is 1. The first-order valence-electron chi connectivity index (χ1n) is 6.53. The lowest BCUT2D eigenvalue weighted by molar-refractivity contribution is 0.0698. The van der Waals surface area contributed by atoms with Crippen LogP contribution in [0.5, 0.6) is 0 Å². The van der Waals surface area contributed by atoms with Gasteiger partial charge in [-0.25, -0.2) is 4.79 Å². The van der Waals surface area contributed by atoms with Crippen molar-refractivity contribution in [2.75, 3.05) is 17.6 Å². The summed E-state index contributed by atoms with van der Waals surface area (Å²) in [6.45, 7) is 0.927. The number of aromatic carboxylic acids is 1. The van der Waals surface area contributed by atoms with E-state index in [1.165, 1.54) is 32.1 Å². The monoisotopic (exact) mass is 248 g/mol. The molecule has 0 saturated heterocycles. The van der Waals surface area contributed by atoms with Gasteiger partial charge in [0.1, 0.15) is 0 Å². The van der Waals surface area contributed by atoms with Crippen molar-refractivity contribution >= 4 is 17.3 Å². The van der Waals surface area contributed by atoms with Gasteiger partial charge in [0.2, 0.25) is 0 Å². The Kier molecular flexibility index (Phi) is 4.07. The lowest BCUT2D eigenvalue weighted by atomic mass is 10.0. The number of nitrogens with two attached hydrogens (primary N) is 1. The van der Waals surface area contributed by atoms with Gasteiger partial charge in [0, 0.05) is 17.9 Å². The largest absolute Gasteiger partial charge is 0.478 e. The Morgan fingerprint density at radius 1 is 1.39 bits per heavy atom. The zero-order chi connectivity index (χ0) is 13.0. The Morgan fingerprint density at radius 3 is 2.72 bits per heavy atom. The molecular formula is C14H20N2O2. The first kappa shape index (κ1) is 12.7. The highest BCUT2D eigenvalue weighted by Gasteiger charge is 2.14. The second kappa shape index (κ2) is 5.76. The summed E-state index contributed by atoms with van der Waals surface area (Å²) in [7, 11) is 0. The molecule has 1 aliphatic rings. The fourth-order valence-corrected chi connectivity index (χ4v) is 2.59. The molecule has 0 atom stereocenters. The van der Waals surface area contributed by atoms with E-state index in [2.05, 4.69) is 5.32 Å². The number of anilines is 2. The summed E-state index contributed by atoms with van der Waals surface area (Å²) >= 11 is 0. The molecule has 0 bridgehead atoms. The molecule has 0 aromatic heterocycles. The molecule has 2 rings (SSSR count). The van der Waals surface area contributed by atoms with Crippen LogP contribution in [0.15, 0.2) is 18.2 Å². The van der Waals surface area contributed by atoms with Crippen molar-refractivity contribution in [3.8, 4) is 0 Å². The molecule has 0 heterocycles. The van der Waals surface area contributed by atoms with Crippen LogP contribution in [0.1, 0.15) is 42.5 Å². The summed E-state index contributed by atoms with van der Waals surface area (Å²) in [6, 6.07) is 5.02. The second-order valence-corrected chi connectivity index (χ2v) is 4.97. The van der Waals surface area contributed by atoms with Crippen LogP contribution in [-0.4, -0.2) is 17.6 Å². The van der Waals surface area contributed by atoms with E-state index in [9.17, 15) is 4.79 Å². The van der Waals surface area contributed by atoms with Crippen LogP contribution in [-0.2, 0) is 0 Å². The molecule has 0 aliphatic heterocycles. The molecule has 18 heavy (non-hydrogen) atoms. The van der Waals surface area contributed by atoms with Gasteiger partial charge in [-0.3, -0.25) is 0 Å². The van der Waals surface area contributed by atoms with Crippen LogP contribution in [0.3, 0.4) is 0 Å². The SMILES string of the molecule is Nc1cc(NCCC2CCCC2)ccc1C(=O)O. The lowest BCUT2D eigenvalue weighted by Crippen LogP contribution is -2.08. The maximum Gasteiger partial charge on any atom is 0.337 e. The summed E-state index contributed by atoms with van der Waals surface area (Å²) in [4.78, 5) is 10.8. The highest BCUT2D eigenvalue weighted by molar-refractivity contribution is 5.94. The molecule has 98 valence electrons. The Hall–Kier alpha value is -1.71. The maximum atomic E-state index is 10.8. The van der Waals surface area contributed by atoms with Crippen LogP contribution in [0, 0.1) is 5.92 Å². The van der Waals surface area contributed by atoms with E-state index in [0.717, 1.165) is 18.2 Å². The van der Waals surface area contributed by atoms with E-state index >= 15 is 0 Å². The fourth-order valence-electron chi connectivity index (χ4n) is 2.59. The minimum Gasteiger partial charge on any atom is -0.478 e. The lowest BCUT2D eigenvalue weighted by Gasteiger charge is -2.11. The van der Waals surface area contributed by atoms with Crippen LogP contribution < -0.4 is 11.1 Å². The average Bonchev–Trinajstić information content (AvgIpc) is 2.81. The van der Waals surface area contributed by atoms with E-state index in [-0.39, 0.29) is 5.56 Å². The fraction of sp³-hybridized carbons (Fsp3) is 0.500. The molecular weight excluding hydrogens is 228 g/mol. The molecule has 0 spiro atoms. The predicted octanol–water partition coefficient (Wildman–Crippen LogP) is 2.96. The average molecular weight is 248 g/mol. The van der Waals surface area contributed by atoms with Crippen molar-refractivity contribution in [1.29, 1.82) is 0 Å². The molecule has 4 heteroatoms. The van der Waals surface area contributed by atoms with Crippen molar-refractivity contribution in [3.05, 3.63) is 23.8 Å². The second-order valence-electron chi connectivity index (χ2n) is 4.97. The smallest absolute Gasteiger partial charge is 0.337 e. The van der Waals surface area contributed by atoms with Crippen LogP contribution in [0.4, 0.5) is 11.4 Å². The zero-order valence-corrected chi connectivity index (χ0v) is 10.5. The van der Waals surface area contributed by atoms with Crippen molar-refractivity contribution < 1.29 is 9.90 Å². The van der Waals surface area contributed by atoms with Crippen LogP contribution in [0.2, 0.25) is 0 Å². The highest BCUT2D eigenvalue weighted by Crippen LogP contribution is 2.27. The van der Waals surface area contributed by atoms with E-state index in [0.29, 0.717) is 5.69 Å². The minimum absolute atomic E-state index is 0.163. The Bertz CT molecular complexity index is 426. The number of carboxylic acids is 1. The number of rotatable bonds is 5. The third-order valence-electron chi connectivity index (χ3n) is 3.64. The van der Waals surface area contributed by atoms with Crippen molar-refractivity contribution in [2.45, 2.75) is 32.1 Å². The summed E-state index contributed by atoms with van der Waals surface area (Å²) in [5.41, 5.74) is 7.07. The van der Waals surface area contributed by atoms with E-state index in [4.69, 9.17) is 10.8 Å². The molecule has 4 nitrogen and oxygen atoms in total. The predicted molar refractivity (Wildman–Crippen MR) is 72.9 cm³/mol. The van der Waals surface area contributed by atoms with Gasteiger partial charge in [-0.15, -0.1) is 0 Å². The summed E-state index contributed by atoms with van der Waals surface area (Å²) in [6.07, 6.45) is 6.61. The van der Waals surface area contributed by atoms with E-state index in [1.807, 2.05) is 0 Å². The van der Waals surface area contributed by atoms with Gasteiger partial charge in [-0.05, 0) is 30.5 Å². The molecule has 1 aromatic carbocycles. The standard InChI is InChI=1S/C14H20N2O2/c15-13-9-11(5-6-12(13)14(17)18)16-8-7-10-3-1-2-4-10/h5-6,9-10,16H,1-4,7-8,15H2,(H,17,18). The zero-order valence-electron chi connectivity index (χ0n) is 10.5. The third kappa shape index (κ3) is 3.15. The van der Waals surface area contributed by atoms with Gasteiger partial charge in [-0.2, -0.15) is 0 Å². The van der Waals surface area contributed by atoms with Gasteiger partial charge in [0.15, 0.2) is 0 Å². The molecule has 0 unspecified atom stereocenters. The van der Waals surface area contributed by atoms with E-state index < -0.39 is 5.97 Å². The highest BCUT2D eigenvalue weighted by atomic mass is 16.4. The third-order valence-corrected chi connectivity index (χ3v) is 3.64. The Labute approximate surface area is 107 Å². The number of hydrogen-bond donors (Lipinski definition) is 3. The molecule has 1 saturated carbocycles. The van der Waals surface area contributed by atoms with Crippen LogP contribution >= 0.6 is 0 Å². The van der Waals surface area contributed by atoms with Gasteiger partial charge >= 0.3 is 5.97 Å². The molecule has 4 N–H and O–H groups in total. The number of carbonyl (C=O) groups is 1. The molecule has 1 fully saturated rings. The van der Waals surface area contributed by atoms with Gasteiger partial charge in [0.05, 0.1) is 5.56 Å². The molecule has 0 amide bonds. The summed E-state index contributed by atoms with van der Waals surface area (Å²) in [5, 5.41) is 12.2. The maximum absolute atomic E-state index is 10.8. The number of nitrogen functional groups attached to an aromatic ring is 1.